The van der Waals surface area contributed by atoms with Crippen molar-refractivity contribution in [2.45, 2.75) is 32.2 Å². The Morgan fingerprint density at radius 3 is 2.71 bits per heavy atom. The first-order chi connectivity index (χ1) is 10.1. The fourth-order valence-electron chi connectivity index (χ4n) is 2.84. The number of rotatable bonds is 5. The van der Waals surface area contributed by atoms with Crippen LogP contribution in [-0.4, -0.2) is 43.5 Å². The standard InChI is InChI=1S/C16H24FN3O/c1-12(11-20-9-4-3-5-10-20)19-16(21)13-7-6-8-14(17)15(13)18-2/h6-8,12,18H,3-5,9-11H2,1-2H3,(H,19,21). The molecule has 1 amide bonds. The van der Waals surface area contributed by atoms with Crippen molar-refractivity contribution in [3.63, 3.8) is 0 Å². The predicted molar refractivity (Wildman–Crippen MR) is 83.2 cm³/mol. The molecule has 2 N–H and O–H groups in total. The summed E-state index contributed by atoms with van der Waals surface area (Å²) in [5.74, 6) is -0.641. The first kappa shape index (κ1) is 15.8. The molecule has 116 valence electrons. The van der Waals surface area contributed by atoms with Gasteiger partial charge in [0.25, 0.3) is 5.91 Å². The van der Waals surface area contributed by atoms with Crippen molar-refractivity contribution in [2.75, 3.05) is 32.0 Å². The van der Waals surface area contributed by atoms with E-state index in [1.165, 1.54) is 25.3 Å². The molecule has 0 radical (unpaired) electrons. The van der Waals surface area contributed by atoms with Gasteiger partial charge in [-0.3, -0.25) is 4.79 Å². The Morgan fingerprint density at radius 2 is 2.05 bits per heavy atom. The first-order valence-electron chi connectivity index (χ1n) is 7.61. The highest BCUT2D eigenvalue weighted by Gasteiger charge is 2.18. The zero-order valence-corrected chi connectivity index (χ0v) is 12.8. The van der Waals surface area contributed by atoms with Gasteiger partial charge in [-0.2, -0.15) is 0 Å². The van der Waals surface area contributed by atoms with Crippen LogP contribution in [0.5, 0.6) is 0 Å². The van der Waals surface area contributed by atoms with Gasteiger partial charge in [0.2, 0.25) is 0 Å². The van der Waals surface area contributed by atoms with Crippen LogP contribution in [0.4, 0.5) is 10.1 Å². The van der Waals surface area contributed by atoms with Crippen molar-refractivity contribution >= 4 is 11.6 Å². The summed E-state index contributed by atoms with van der Waals surface area (Å²) in [4.78, 5) is 14.7. The number of benzene rings is 1. The number of likely N-dealkylation sites (tertiary alicyclic amines) is 1. The molecule has 0 bridgehead atoms. The monoisotopic (exact) mass is 293 g/mol. The minimum absolute atomic E-state index is 0.0450. The molecule has 1 aromatic rings. The van der Waals surface area contributed by atoms with Gasteiger partial charge in [0.05, 0.1) is 11.3 Å². The van der Waals surface area contributed by atoms with Crippen molar-refractivity contribution in [1.29, 1.82) is 0 Å². The quantitative estimate of drug-likeness (QED) is 0.876. The van der Waals surface area contributed by atoms with Crippen molar-refractivity contribution < 1.29 is 9.18 Å². The second-order valence-corrected chi connectivity index (χ2v) is 5.65. The van der Waals surface area contributed by atoms with Gasteiger partial charge in [-0.25, -0.2) is 4.39 Å². The smallest absolute Gasteiger partial charge is 0.253 e. The molecule has 0 aliphatic carbocycles. The van der Waals surface area contributed by atoms with Crippen molar-refractivity contribution in [3.8, 4) is 0 Å². The summed E-state index contributed by atoms with van der Waals surface area (Å²) in [7, 11) is 1.62. The number of carbonyl (C=O) groups is 1. The first-order valence-corrected chi connectivity index (χ1v) is 7.61. The lowest BCUT2D eigenvalue weighted by atomic mass is 10.1. The number of amides is 1. The molecule has 1 aliphatic heterocycles. The van der Waals surface area contributed by atoms with E-state index in [-0.39, 0.29) is 17.6 Å². The highest BCUT2D eigenvalue weighted by molar-refractivity contribution is 5.99. The number of nitrogens with one attached hydrogen (secondary N) is 2. The lowest BCUT2D eigenvalue weighted by molar-refractivity contribution is 0.0926. The maximum Gasteiger partial charge on any atom is 0.253 e. The highest BCUT2D eigenvalue weighted by Crippen LogP contribution is 2.19. The van der Waals surface area contributed by atoms with Crippen LogP contribution in [0.3, 0.4) is 0 Å². The topological polar surface area (TPSA) is 44.4 Å². The van der Waals surface area contributed by atoms with Crippen LogP contribution in [0.1, 0.15) is 36.5 Å². The minimum atomic E-state index is -0.408. The Morgan fingerprint density at radius 1 is 1.33 bits per heavy atom. The van der Waals surface area contributed by atoms with Crippen LogP contribution >= 0.6 is 0 Å². The second kappa shape index (κ2) is 7.41. The average molecular weight is 293 g/mol. The zero-order valence-electron chi connectivity index (χ0n) is 12.8. The van der Waals surface area contributed by atoms with E-state index >= 15 is 0 Å². The van der Waals surface area contributed by atoms with Crippen LogP contribution in [0.15, 0.2) is 18.2 Å². The zero-order chi connectivity index (χ0) is 15.2. The predicted octanol–water partition coefficient (Wildman–Crippen LogP) is 2.47. The fourth-order valence-corrected chi connectivity index (χ4v) is 2.84. The molecular formula is C16H24FN3O. The molecule has 1 aromatic carbocycles. The summed E-state index contributed by atoms with van der Waals surface area (Å²) in [6, 6.07) is 4.58. The lowest BCUT2D eigenvalue weighted by Gasteiger charge is -2.29. The van der Waals surface area contributed by atoms with Gasteiger partial charge in [0, 0.05) is 19.6 Å². The lowest BCUT2D eigenvalue weighted by Crippen LogP contribution is -2.43. The number of nitrogens with zero attached hydrogens (tertiary/aromatic N) is 1. The number of hydrogen-bond acceptors (Lipinski definition) is 3. The Balaban J connectivity index is 1.95. The molecule has 0 aromatic heterocycles. The molecule has 0 saturated carbocycles. The number of halogens is 1. The molecule has 1 atom stereocenters. The minimum Gasteiger partial charge on any atom is -0.385 e. The molecule has 2 rings (SSSR count). The fraction of sp³-hybridized carbons (Fsp3) is 0.562. The molecule has 5 heteroatoms. The Labute approximate surface area is 125 Å². The van der Waals surface area contributed by atoms with E-state index in [9.17, 15) is 9.18 Å². The Hall–Kier alpha value is -1.62. The van der Waals surface area contributed by atoms with Gasteiger partial charge in [-0.1, -0.05) is 12.5 Å². The normalized spacial score (nSPS) is 17.3. The van der Waals surface area contributed by atoms with Gasteiger partial charge in [-0.05, 0) is 45.0 Å². The van der Waals surface area contributed by atoms with Crippen LogP contribution < -0.4 is 10.6 Å². The third-order valence-electron chi connectivity index (χ3n) is 3.87. The van der Waals surface area contributed by atoms with E-state index in [0.29, 0.717) is 5.56 Å². The molecular weight excluding hydrogens is 269 g/mol. The van der Waals surface area contributed by atoms with E-state index in [0.717, 1.165) is 19.6 Å². The van der Waals surface area contributed by atoms with Crippen LogP contribution in [0, 0.1) is 5.82 Å². The van der Waals surface area contributed by atoms with Crippen molar-refractivity contribution in [1.82, 2.24) is 10.2 Å². The average Bonchev–Trinajstić information content (AvgIpc) is 2.47. The van der Waals surface area contributed by atoms with E-state index in [4.69, 9.17) is 0 Å². The molecule has 1 heterocycles. The maximum atomic E-state index is 13.7. The number of piperidine rings is 1. The van der Waals surface area contributed by atoms with Crippen molar-refractivity contribution in [2.24, 2.45) is 0 Å². The number of hydrogen-bond donors (Lipinski definition) is 2. The van der Waals surface area contributed by atoms with Gasteiger partial charge >= 0.3 is 0 Å². The Bertz CT molecular complexity index is 486. The third kappa shape index (κ3) is 4.17. The highest BCUT2D eigenvalue weighted by atomic mass is 19.1. The number of carbonyl (C=O) groups excluding carboxylic acids is 1. The van der Waals surface area contributed by atoms with E-state index in [1.54, 1.807) is 19.2 Å². The summed E-state index contributed by atoms with van der Waals surface area (Å²) in [6.07, 6.45) is 3.76. The largest absolute Gasteiger partial charge is 0.385 e. The summed E-state index contributed by atoms with van der Waals surface area (Å²) in [5.41, 5.74) is 0.600. The number of anilines is 1. The SMILES string of the molecule is CNc1c(F)cccc1C(=O)NC(C)CN1CCCCC1. The van der Waals surface area contributed by atoms with Gasteiger partial charge in [0.1, 0.15) is 5.82 Å². The Kier molecular flexibility index (Phi) is 5.56. The molecule has 1 unspecified atom stereocenters. The van der Waals surface area contributed by atoms with E-state index < -0.39 is 5.82 Å². The van der Waals surface area contributed by atoms with E-state index in [2.05, 4.69) is 15.5 Å². The summed E-state index contributed by atoms with van der Waals surface area (Å²) < 4.78 is 13.7. The van der Waals surface area contributed by atoms with Gasteiger partial charge in [-0.15, -0.1) is 0 Å². The van der Waals surface area contributed by atoms with Crippen LogP contribution in [0.2, 0.25) is 0 Å². The van der Waals surface area contributed by atoms with Crippen LogP contribution in [-0.2, 0) is 0 Å². The summed E-state index contributed by atoms with van der Waals surface area (Å²) in [6.45, 7) is 5.03. The molecule has 1 aliphatic rings. The second-order valence-electron chi connectivity index (χ2n) is 5.65. The third-order valence-corrected chi connectivity index (χ3v) is 3.87. The van der Waals surface area contributed by atoms with Gasteiger partial charge < -0.3 is 15.5 Å². The maximum absolute atomic E-state index is 13.7. The molecule has 0 spiro atoms. The van der Waals surface area contributed by atoms with E-state index in [1.807, 2.05) is 6.92 Å². The summed E-state index contributed by atoms with van der Waals surface area (Å²) >= 11 is 0. The van der Waals surface area contributed by atoms with Crippen LogP contribution in [0.25, 0.3) is 0 Å². The molecule has 4 nitrogen and oxygen atoms in total. The molecule has 21 heavy (non-hydrogen) atoms. The molecule has 1 fully saturated rings. The molecule has 1 saturated heterocycles. The summed E-state index contributed by atoms with van der Waals surface area (Å²) in [5, 5.41) is 5.71. The van der Waals surface area contributed by atoms with Crippen molar-refractivity contribution in [3.05, 3.63) is 29.6 Å². The number of para-hydroxylation sites is 1. The van der Waals surface area contributed by atoms with Gasteiger partial charge in [0.15, 0.2) is 0 Å².